The van der Waals surface area contributed by atoms with Gasteiger partial charge in [0.2, 0.25) is 0 Å². The van der Waals surface area contributed by atoms with Gasteiger partial charge in [0.15, 0.2) is 5.75 Å². The van der Waals surface area contributed by atoms with Crippen molar-refractivity contribution in [3.05, 3.63) is 63.5 Å². The van der Waals surface area contributed by atoms with Gasteiger partial charge in [-0.15, -0.1) is 0 Å². The van der Waals surface area contributed by atoms with Gasteiger partial charge in [-0.1, -0.05) is 17.7 Å². The van der Waals surface area contributed by atoms with Crippen LogP contribution in [0.2, 0.25) is 5.02 Å². The minimum absolute atomic E-state index is 0.0646. The summed E-state index contributed by atoms with van der Waals surface area (Å²) < 4.78 is 7.26. The maximum absolute atomic E-state index is 12.8. The quantitative estimate of drug-likeness (QED) is 0.694. The van der Waals surface area contributed by atoms with Crippen molar-refractivity contribution in [1.29, 1.82) is 0 Å². The first kappa shape index (κ1) is 12.4. The molecule has 0 spiro atoms. The molecule has 0 atom stereocenters. The Hall–Kier alpha value is -2.33. The fourth-order valence-corrected chi connectivity index (χ4v) is 2.92. The van der Waals surface area contributed by atoms with Crippen LogP contribution in [0.25, 0.3) is 16.7 Å². The number of fused-ring (bicyclic) bond motifs is 3. The van der Waals surface area contributed by atoms with Crippen molar-refractivity contribution in [2.75, 3.05) is 6.61 Å². The summed E-state index contributed by atoms with van der Waals surface area (Å²) in [6.07, 6.45) is 2.32. The molecule has 3 heterocycles. The molecule has 4 rings (SSSR count). The van der Waals surface area contributed by atoms with E-state index >= 15 is 0 Å². The number of hydrogen-bond acceptors (Lipinski definition) is 3. The lowest BCUT2D eigenvalue weighted by Gasteiger charge is -2.12. The Morgan fingerprint density at radius 2 is 2.14 bits per heavy atom. The minimum Gasteiger partial charge on any atom is -0.490 e. The number of nitrogens with zero attached hydrogens (tertiary/aromatic N) is 2. The van der Waals surface area contributed by atoms with E-state index in [2.05, 4.69) is 4.98 Å². The van der Waals surface area contributed by atoms with Gasteiger partial charge in [0.1, 0.15) is 5.52 Å². The van der Waals surface area contributed by atoms with E-state index in [9.17, 15) is 4.79 Å². The van der Waals surface area contributed by atoms with E-state index < -0.39 is 0 Å². The monoisotopic (exact) mass is 298 g/mol. The molecule has 3 aromatic rings. The highest BCUT2D eigenvalue weighted by Gasteiger charge is 2.23. The van der Waals surface area contributed by atoms with Crippen LogP contribution in [0.15, 0.2) is 47.4 Å². The van der Waals surface area contributed by atoms with Crippen molar-refractivity contribution in [2.45, 2.75) is 6.42 Å². The van der Waals surface area contributed by atoms with Crippen molar-refractivity contribution >= 4 is 22.6 Å². The summed E-state index contributed by atoms with van der Waals surface area (Å²) in [6, 6.07) is 10.9. The number of benzene rings is 1. The third-order valence-electron chi connectivity index (χ3n) is 3.64. The van der Waals surface area contributed by atoms with Crippen molar-refractivity contribution in [3.63, 3.8) is 0 Å². The third-order valence-corrected chi connectivity index (χ3v) is 3.88. The van der Waals surface area contributed by atoms with E-state index in [-0.39, 0.29) is 5.56 Å². The SMILES string of the molecule is O=c1c2c(c3ncccc3n1-c1cccc(Cl)c1)OCC2. The van der Waals surface area contributed by atoms with Gasteiger partial charge in [-0.05, 0) is 30.3 Å². The summed E-state index contributed by atoms with van der Waals surface area (Å²) in [5.74, 6) is 0.619. The van der Waals surface area contributed by atoms with Gasteiger partial charge < -0.3 is 4.74 Å². The Balaban J connectivity index is 2.17. The van der Waals surface area contributed by atoms with Gasteiger partial charge >= 0.3 is 0 Å². The molecule has 21 heavy (non-hydrogen) atoms. The molecular formula is C16H11ClN2O2. The van der Waals surface area contributed by atoms with Crippen LogP contribution in [0, 0.1) is 0 Å². The van der Waals surface area contributed by atoms with Gasteiger partial charge in [-0.25, -0.2) is 0 Å². The molecule has 0 amide bonds. The van der Waals surface area contributed by atoms with E-state index in [1.54, 1.807) is 22.9 Å². The molecule has 1 aromatic carbocycles. The summed E-state index contributed by atoms with van der Waals surface area (Å²) in [5.41, 5.74) is 2.79. The number of rotatable bonds is 1. The Bertz CT molecular complexity index is 918. The second-order valence-electron chi connectivity index (χ2n) is 4.90. The molecule has 0 fully saturated rings. The first-order valence-electron chi connectivity index (χ1n) is 6.67. The van der Waals surface area contributed by atoms with Gasteiger partial charge in [-0.2, -0.15) is 0 Å². The standard InChI is InChI=1S/C16H11ClN2O2/c17-10-3-1-4-11(9-10)19-13-5-2-7-18-14(13)15-12(16(19)20)6-8-21-15/h1-5,7,9H,6,8H2. The molecule has 0 aliphatic carbocycles. The molecule has 0 saturated carbocycles. The van der Waals surface area contributed by atoms with Crippen LogP contribution in [0.1, 0.15) is 5.56 Å². The van der Waals surface area contributed by atoms with Crippen LogP contribution in [-0.2, 0) is 6.42 Å². The zero-order chi connectivity index (χ0) is 14.4. The predicted octanol–water partition coefficient (Wildman–Crippen LogP) is 2.97. The molecule has 104 valence electrons. The maximum atomic E-state index is 12.8. The number of aromatic nitrogens is 2. The van der Waals surface area contributed by atoms with Gasteiger partial charge in [-0.3, -0.25) is 14.3 Å². The highest BCUT2D eigenvalue weighted by molar-refractivity contribution is 6.30. The van der Waals surface area contributed by atoms with Crippen LogP contribution in [-0.4, -0.2) is 16.2 Å². The Labute approximate surface area is 125 Å². The lowest BCUT2D eigenvalue weighted by Crippen LogP contribution is -2.22. The predicted molar refractivity (Wildman–Crippen MR) is 81.5 cm³/mol. The molecule has 0 bridgehead atoms. The lowest BCUT2D eigenvalue weighted by molar-refractivity contribution is 0.359. The van der Waals surface area contributed by atoms with Crippen molar-refractivity contribution in [2.24, 2.45) is 0 Å². The molecule has 4 nitrogen and oxygen atoms in total. The second kappa shape index (κ2) is 4.60. The van der Waals surface area contributed by atoms with Crippen molar-refractivity contribution in [1.82, 2.24) is 9.55 Å². The van der Waals surface area contributed by atoms with Crippen LogP contribution in [0.5, 0.6) is 5.75 Å². The van der Waals surface area contributed by atoms with Crippen LogP contribution in [0.3, 0.4) is 0 Å². The second-order valence-corrected chi connectivity index (χ2v) is 5.33. The molecule has 0 unspecified atom stereocenters. The summed E-state index contributed by atoms with van der Waals surface area (Å²) >= 11 is 6.06. The number of ether oxygens (including phenoxy) is 1. The smallest absolute Gasteiger partial charge is 0.262 e. The van der Waals surface area contributed by atoms with E-state index in [0.717, 1.165) is 11.2 Å². The molecule has 0 saturated heterocycles. The van der Waals surface area contributed by atoms with Gasteiger partial charge in [0.25, 0.3) is 5.56 Å². The fourth-order valence-electron chi connectivity index (χ4n) is 2.74. The fraction of sp³-hybridized carbons (Fsp3) is 0.125. The molecule has 2 aromatic heterocycles. The highest BCUT2D eigenvalue weighted by Crippen LogP contribution is 2.31. The molecule has 5 heteroatoms. The van der Waals surface area contributed by atoms with E-state index in [4.69, 9.17) is 16.3 Å². The Kier molecular flexibility index (Phi) is 2.72. The average molecular weight is 299 g/mol. The topological polar surface area (TPSA) is 44.1 Å². The molecule has 0 N–H and O–H groups in total. The third kappa shape index (κ3) is 1.83. The average Bonchev–Trinajstić information content (AvgIpc) is 2.98. The number of halogens is 1. The van der Waals surface area contributed by atoms with E-state index in [1.807, 2.05) is 24.3 Å². The van der Waals surface area contributed by atoms with Gasteiger partial charge in [0, 0.05) is 17.6 Å². The summed E-state index contributed by atoms with van der Waals surface area (Å²) in [5, 5.41) is 0.591. The maximum Gasteiger partial charge on any atom is 0.262 e. The number of pyridine rings is 2. The van der Waals surface area contributed by atoms with Crippen LogP contribution in [0.4, 0.5) is 0 Å². The minimum atomic E-state index is -0.0646. The molecule has 0 radical (unpaired) electrons. The van der Waals surface area contributed by atoms with E-state index in [1.165, 1.54) is 0 Å². The molecule has 1 aliphatic rings. The Morgan fingerprint density at radius 1 is 1.24 bits per heavy atom. The molecule has 1 aliphatic heterocycles. The zero-order valence-corrected chi connectivity index (χ0v) is 11.8. The van der Waals surface area contributed by atoms with Crippen molar-refractivity contribution < 1.29 is 4.74 Å². The van der Waals surface area contributed by atoms with E-state index in [0.29, 0.717) is 34.9 Å². The van der Waals surface area contributed by atoms with Crippen LogP contribution >= 0.6 is 11.6 Å². The zero-order valence-electron chi connectivity index (χ0n) is 11.0. The summed E-state index contributed by atoms with van der Waals surface area (Å²) in [7, 11) is 0. The first-order chi connectivity index (χ1) is 10.3. The largest absolute Gasteiger partial charge is 0.490 e. The van der Waals surface area contributed by atoms with Crippen molar-refractivity contribution in [3.8, 4) is 11.4 Å². The highest BCUT2D eigenvalue weighted by atomic mass is 35.5. The lowest BCUT2D eigenvalue weighted by atomic mass is 10.1. The van der Waals surface area contributed by atoms with Crippen LogP contribution < -0.4 is 10.3 Å². The normalized spacial score (nSPS) is 13.2. The summed E-state index contributed by atoms with van der Waals surface area (Å²) in [6.45, 7) is 0.524. The summed E-state index contributed by atoms with van der Waals surface area (Å²) in [4.78, 5) is 17.2. The Morgan fingerprint density at radius 3 is 3.00 bits per heavy atom. The molecular weight excluding hydrogens is 288 g/mol. The number of hydrogen-bond donors (Lipinski definition) is 0. The van der Waals surface area contributed by atoms with Gasteiger partial charge in [0.05, 0.1) is 23.4 Å². The first-order valence-corrected chi connectivity index (χ1v) is 7.05.